The third-order valence-corrected chi connectivity index (χ3v) is 3.48. The summed E-state index contributed by atoms with van der Waals surface area (Å²) >= 11 is 0. The lowest BCUT2D eigenvalue weighted by atomic mass is 10.2. The molecule has 0 radical (unpaired) electrons. The van der Waals surface area contributed by atoms with Crippen LogP contribution in [-0.4, -0.2) is 28.3 Å². The highest BCUT2D eigenvalue weighted by molar-refractivity contribution is 5.57. The smallest absolute Gasteiger partial charge is 0.158 e. The van der Waals surface area contributed by atoms with Crippen molar-refractivity contribution >= 4 is 0 Å². The van der Waals surface area contributed by atoms with Crippen LogP contribution in [0, 0.1) is 5.82 Å². The lowest BCUT2D eigenvalue weighted by Crippen LogP contribution is -2.10. The fourth-order valence-corrected chi connectivity index (χ4v) is 2.01. The zero-order valence-corrected chi connectivity index (χ0v) is 11.9. The van der Waals surface area contributed by atoms with E-state index in [-0.39, 0.29) is 13.2 Å². The number of nitrogens with one attached hydrogen (secondary N) is 1. The minimum absolute atomic E-state index is 0.0140. The van der Waals surface area contributed by atoms with Gasteiger partial charge in [0.25, 0.3) is 0 Å². The average molecular weight is 306 g/mol. The molecule has 1 heterocycles. The van der Waals surface area contributed by atoms with Crippen molar-refractivity contribution in [2.75, 3.05) is 13.2 Å². The summed E-state index contributed by atoms with van der Waals surface area (Å²) in [5.41, 5.74) is 5.95. The highest BCUT2D eigenvalue weighted by Crippen LogP contribution is 2.38. The summed E-state index contributed by atoms with van der Waals surface area (Å²) in [5.74, 6) is 1.36. The fourth-order valence-electron chi connectivity index (χ4n) is 2.01. The average Bonchev–Trinajstić information content (AvgIpc) is 3.27. The van der Waals surface area contributed by atoms with Crippen LogP contribution in [0.2, 0.25) is 0 Å². The molecule has 1 aliphatic carbocycles. The predicted molar refractivity (Wildman–Crippen MR) is 77.5 cm³/mol. The van der Waals surface area contributed by atoms with Gasteiger partial charge in [-0.3, -0.25) is 5.10 Å². The second-order valence-electron chi connectivity index (χ2n) is 5.22. The molecular formula is C15H16F2N4O. The number of nitrogens with two attached hydrogens (primary N) is 1. The summed E-state index contributed by atoms with van der Waals surface area (Å²) in [6, 6.07) is 4.40. The van der Waals surface area contributed by atoms with E-state index < -0.39 is 5.82 Å². The van der Waals surface area contributed by atoms with Crippen LogP contribution < -0.4 is 10.5 Å². The predicted octanol–water partition coefficient (Wildman–Crippen LogP) is 2.68. The Morgan fingerprint density at radius 2 is 2.27 bits per heavy atom. The molecule has 1 aromatic carbocycles. The number of hydrogen-bond acceptors (Lipinski definition) is 4. The van der Waals surface area contributed by atoms with Gasteiger partial charge in [-0.2, -0.15) is 5.10 Å². The van der Waals surface area contributed by atoms with Crippen molar-refractivity contribution in [2.45, 2.75) is 18.8 Å². The SMILES string of the molecule is NC/C(=C\F)COc1ccc(-c2nc(C3CC3)n[nH]2)c(F)c1. The van der Waals surface area contributed by atoms with Gasteiger partial charge in [0.05, 0.1) is 11.9 Å². The van der Waals surface area contributed by atoms with E-state index in [4.69, 9.17) is 10.5 Å². The first-order chi connectivity index (χ1) is 10.7. The van der Waals surface area contributed by atoms with E-state index in [1.807, 2.05) is 0 Å². The lowest BCUT2D eigenvalue weighted by Gasteiger charge is -2.08. The monoisotopic (exact) mass is 306 g/mol. The van der Waals surface area contributed by atoms with Gasteiger partial charge in [0.2, 0.25) is 0 Å². The maximum absolute atomic E-state index is 14.2. The number of ether oxygens (including phenoxy) is 1. The highest BCUT2D eigenvalue weighted by atomic mass is 19.1. The van der Waals surface area contributed by atoms with E-state index in [1.165, 1.54) is 6.07 Å². The van der Waals surface area contributed by atoms with E-state index in [1.54, 1.807) is 12.1 Å². The van der Waals surface area contributed by atoms with Crippen molar-refractivity contribution < 1.29 is 13.5 Å². The fraction of sp³-hybridized carbons (Fsp3) is 0.333. The number of benzene rings is 1. The zero-order valence-electron chi connectivity index (χ0n) is 11.9. The molecular weight excluding hydrogens is 290 g/mol. The van der Waals surface area contributed by atoms with Gasteiger partial charge >= 0.3 is 0 Å². The van der Waals surface area contributed by atoms with Crippen LogP contribution in [0.5, 0.6) is 5.75 Å². The largest absolute Gasteiger partial charge is 0.489 e. The maximum atomic E-state index is 14.2. The Balaban J connectivity index is 1.73. The van der Waals surface area contributed by atoms with Gasteiger partial charge in [-0.15, -0.1) is 0 Å². The molecule has 0 bridgehead atoms. The molecule has 1 saturated carbocycles. The van der Waals surface area contributed by atoms with E-state index in [2.05, 4.69) is 15.2 Å². The van der Waals surface area contributed by atoms with Gasteiger partial charge in [0.1, 0.15) is 18.2 Å². The molecule has 0 saturated heterocycles. The molecule has 1 aromatic heterocycles. The normalized spacial score (nSPS) is 15.1. The summed E-state index contributed by atoms with van der Waals surface area (Å²) in [6.07, 6.45) is 2.56. The number of nitrogens with zero attached hydrogens (tertiary/aromatic N) is 2. The van der Waals surface area contributed by atoms with Gasteiger partial charge in [-0.1, -0.05) is 0 Å². The van der Waals surface area contributed by atoms with Crippen LogP contribution in [0.15, 0.2) is 30.1 Å². The quantitative estimate of drug-likeness (QED) is 0.860. The first-order valence-electron chi connectivity index (χ1n) is 7.04. The minimum Gasteiger partial charge on any atom is -0.489 e. The number of aromatic nitrogens is 3. The Morgan fingerprint density at radius 1 is 1.45 bits per heavy atom. The molecule has 0 atom stereocenters. The summed E-state index contributed by atoms with van der Waals surface area (Å²) in [4.78, 5) is 4.31. The molecule has 2 aromatic rings. The summed E-state index contributed by atoms with van der Waals surface area (Å²) < 4.78 is 31.9. The molecule has 22 heavy (non-hydrogen) atoms. The van der Waals surface area contributed by atoms with E-state index in [0.717, 1.165) is 18.7 Å². The first kappa shape index (κ1) is 14.6. The highest BCUT2D eigenvalue weighted by Gasteiger charge is 2.28. The Labute approximate surface area is 126 Å². The lowest BCUT2D eigenvalue weighted by molar-refractivity contribution is 0.345. The molecule has 1 fully saturated rings. The summed E-state index contributed by atoms with van der Waals surface area (Å²) in [6.45, 7) is 0.0407. The van der Waals surface area contributed by atoms with Crippen LogP contribution >= 0.6 is 0 Å². The second kappa shape index (κ2) is 6.23. The Morgan fingerprint density at radius 3 is 2.91 bits per heavy atom. The van der Waals surface area contributed by atoms with Crippen molar-refractivity contribution in [1.29, 1.82) is 0 Å². The van der Waals surface area contributed by atoms with Crippen molar-refractivity contribution in [3.63, 3.8) is 0 Å². The molecule has 116 valence electrons. The van der Waals surface area contributed by atoms with Crippen LogP contribution in [0.1, 0.15) is 24.6 Å². The molecule has 0 unspecified atom stereocenters. The second-order valence-corrected chi connectivity index (χ2v) is 5.22. The first-order valence-corrected chi connectivity index (χ1v) is 7.04. The van der Waals surface area contributed by atoms with E-state index in [9.17, 15) is 8.78 Å². The Bertz CT molecular complexity index is 695. The molecule has 0 aliphatic heterocycles. The molecule has 3 N–H and O–H groups in total. The zero-order chi connectivity index (χ0) is 15.5. The van der Waals surface area contributed by atoms with Crippen LogP contribution in [0.25, 0.3) is 11.4 Å². The third kappa shape index (κ3) is 3.14. The topological polar surface area (TPSA) is 76.8 Å². The Hall–Kier alpha value is -2.28. The maximum Gasteiger partial charge on any atom is 0.158 e. The summed E-state index contributed by atoms with van der Waals surface area (Å²) in [7, 11) is 0. The molecule has 0 spiro atoms. The van der Waals surface area contributed by atoms with Crippen LogP contribution in [-0.2, 0) is 0 Å². The standard InChI is InChI=1S/C15H16F2N4O/c16-6-9(7-18)8-22-11-3-4-12(13(17)5-11)15-19-14(20-21-15)10-1-2-10/h3-6,10H,1-2,7-8,18H2,(H,19,20,21)/b9-6+. The minimum atomic E-state index is -0.477. The molecule has 3 rings (SSSR count). The van der Waals surface area contributed by atoms with E-state index in [0.29, 0.717) is 35.0 Å². The van der Waals surface area contributed by atoms with Gasteiger partial charge < -0.3 is 10.5 Å². The van der Waals surface area contributed by atoms with E-state index >= 15 is 0 Å². The van der Waals surface area contributed by atoms with Crippen molar-refractivity contribution in [2.24, 2.45) is 5.73 Å². The molecule has 1 aliphatic rings. The molecule has 0 amide bonds. The van der Waals surface area contributed by atoms with Gasteiger partial charge in [-0.05, 0) is 25.0 Å². The number of rotatable bonds is 6. The number of halogens is 2. The number of H-pyrrole nitrogens is 1. The molecule has 5 nitrogen and oxygen atoms in total. The number of aromatic amines is 1. The Kier molecular flexibility index (Phi) is 4.15. The summed E-state index contributed by atoms with van der Waals surface area (Å²) in [5, 5.41) is 6.86. The van der Waals surface area contributed by atoms with Crippen LogP contribution in [0.3, 0.4) is 0 Å². The van der Waals surface area contributed by atoms with Gasteiger partial charge in [0.15, 0.2) is 11.6 Å². The van der Waals surface area contributed by atoms with Crippen molar-refractivity contribution in [3.8, 4) is 17.1 Å². The van der Waals surface area contributed by atoms with Gasteiger partial charge in [-0.25, -0.2) is 13.8 Å². The third-order valence-electron chi connectivity index (χ3n) is 3.48. The van der Waals surface area contributed by atoms with Gasteiger partial charge in [0, 0.05) is 24.1 Å². The van der Waals surface area contributed by atoms with Crippen molar-refractivity contribution in [3.05, 3.63) is 41.7 Å². The van der Waals surface area contributed by atoms with Crippen molar-refractivity contribution in [1.82, 2.24) is 15.2 Å². The van der Waals surface area contributed by atoms with Crippen LogP contribution in [0.4, 0.5) is 8.78 Å². The number of hydrogen-bond donors (Lipinski definition) is 2. The molecule has 7 heteroatoms.